The maximum Gasteiger partial charge on any atom is 0.227 e. The highest BCUT2D eigenvalue weighted by atomic mass is 16.5. The summed E-state index contributed by atoms with van der Waals surface area (Å²) in [7, 11) is 0. The Labute approximate surface area is 114 Å². The van der Waals surface area contributed by atoms with Crippen LogP contribution in [0.2, 0.25) is 0 Å². The predicted octanol–water partition coefficient (Wildman–Crippen LogP) is 2.12. The molecule has 1 aromatic carbocycles. The van der Waals surface area contributed by atoms with E-state index in [0.717, 1.165) is 5.56 Å². The first-order valence-electron chi connectivity index (χ1n) is 6.03. The third-order valence-corrected chi connectivity index (χ3v) is 3.08. The maximum absolute atomic E-state index is 11.5. The van der Waals surface area contributed by atoms with Crippen LogP contribution in [0.3, 0.4) is 0 Å². The molecule has 0 aliphatic carbocycles. The highest BCUT2D eigenvalue weighted by Gasteiger charge is 2.17. The molecule has 0 bridgehead atoms. The van der Waals surface area contributed by atoms with Crippen molar-refractivity contribution in [2.45, 2.75) is 6.42 Å². The molecule has 0 atom stereocenters. The van der Waals surface area contributed by atoms with Crippen molar-refractivity contribution in [3.05, 3.63) is 30.0 Å². The number of rotatable bonds is 1. The van der Waals surface area contributed by atoms with Gasteiger partial charge in [-0.25, -0.2) is 0 Å². The number of amides is 1. The van der Waals surface area contributed by atoms with Crippen molar-refractivity contribution < 1.29 is 13.9 Å². The molecule has 2 aromatic rings. The lowest BCUT2D eigenvalue weighted by atomic mass is 10.0. The zero-order valence-electron chi connectivity index (χ0n) is 10.5. The molecular weight excluding hydrogens is 258 g/mol. The van der Waals surface area contributed by atoms with Gasteiger partial charge in [-0.05, 0) is 17.7 Å². The lowest BCUT2D eigenvalue weighted by Crippen LogP contribution is -2.10. The maximum atomic E-state index is 11.5. The Balaban J connectivity index is 2.08. The van der Waals surface area contributed by atoms with E-state index in [1.165, 1.54) is 6.26 Å². The first-order valence-corrected chi connectivity index (χ1v) is 6.03. The van der Waals surface area contributed by atoms with E-state index in [0.29, 0.717) is 30.0 Å². The summed E-state index contributed by atoms with van der Waals surface area (Å²) < 4.78 is 10.5. The summed E-state index contributed by atoms with van der Waals surface area (Å²) in [5, 5.41) is 11.9. The molecule has 0 radical (unpaired) electrons. The number of fused-ring (bicyclic) bond motifs is 1. The normalized spacial score (nSPS) is 13.7. The summed E-state index contributed by atoms with van der Waals surface area (Å²) in [6.07, 6.45) is 1.74. The zero-order chi connectivity index (χ0) is 14.1. The number of nitriles is 1. The van der Waals surface area contributed by atoms with Gasteiger partial charge in [0, 0.05) is 5.56 Å². The van der Waals surface area contributed by atoms with Gasteiger partial charge in [0.15, 0.2) is 0 Å². The van der Waals surface area contributed by atoms with Crippen LogP contribution >= 0.6 is 0 Å². The van der Waals surface area contributed by atoms with Crippen LogP contribution in [0.5, 0.6) is 5.75 Å². The Hall–Kier alpha value is -2.94. The summed E-state index contributed by atoms with van der Waals surface area (Å²) in [5.74, 6) is 0.584. The van der Waals surface area contributed by atoms with E-state index >= 15 is 0 Å². The van der Waals surface area contributed by atoms with E-state index in [-0.39, 0.29) is 17.4 Å². The number of furan rings is 1. The Morgan fingerprint density at radius 2 is 2.25 bits per heavy atom. The van der Waals surface area contributed by atoms with Crippen LogP contribution in [0.25, 0.3) is 11.1 Å². The number of nitrogen functional groups attached to an aromatic ring is 1. The van der Waals surface area contributed by atoms with Gasteiger partial charge in [-0.3, -0.25) is 4.79 Å². The predicted molar refractivity (Wildman–Crippen MR) is 72.0 cm³/mol. The van der Waals surface area contributed by atoms with Crippen LogP contribution in [0, 0.1) is 11.3 Å². The van der Waals surface area contributed by atoms with Gasteiger partial charge in [0.25, 0.3) is 0 Å². The second-order valence-corrected chi connectivity index (χ2v) is 4.36. The molecule has 0 unspecified atom stereocenters. The molecule has 0 saturated heterocycles. The molecule has 100 valence electrons. The average molecular weight is 269 g/mol. The van der Waals surface area contributed by atoms with E-state index in [1.54, 1.807) is 18.2 Å². The third kappa shape index (κ3) is 1.95. The van der Waals surface area contributed by atoms with Crippen LogP contribution < -0.4 is 15.8 Å². The van der Waals surface area contributed by atoms with Crippen LogP contribution in [0.4, 0.5) is 11.6 Å². The molecule has 1 amide bonds. The highest BCUT2D eigenvalue weighted by Crippen LogP contribution is 2.35. The molecule has 0 saturated carbocycles. The smallest absolute Gasteiger partial charge is 0.227 e. The van der Waals surface area contributed by atoms with E-state index in [9.17, 15) is 4.79 Å². The number of carbonyl (C=O) groups is 1. The van der Waals surface area contributed by atoms with Crippen LogP contribution in [-0.4, -0.2) is 12.5 Å². The first-order chi connectivity index (χ1) is 9.69. The van der Waals surface area contributed by atoms with Gasteiger partial charge in [-0.1, -0.05) is 6.07 Å². The van der Waals surface area contributed by atoms with Crippen molar-refractivity contribution in [1.82, 2.24) is 0 Å². The number of nitrogens with one attached hydrogen (secondary N) is 1. The Bertz CT molecular complexity index is 728. The van der Waals surface area contributed by atoms with Gasteiger partial charge in [-0.2, -0.15) is 5.26 Å². The Morgan fingerprint density at radius 1 is 1.40 bits per heavy atom. The molecule has 20 heavy (non-hydrogen) atoms. The molecule has 6 heteroatoms. The number of ether oxygens (including phenoxy) is 1. The van der Waals surface area contributed by atoms with Crippen molar-refractivity contribution in [3.63, 3.8) is 0 Å². The van der Waals surface area contributed by atoms with Crippen molar-refractivity contribution in [3.8, 4) is 22.9 Å². The van der Waals surface area contributed by atoms with Gasteiger partial charge >= 0.3 is 0 Å². The summed E-state index contributed by atoms with van der Waals surface area (Å²) in [6.45, 7) is 0.348. The van der Waals surface area contributed by atoms with Crippen LogP contribution in [0.1, 0.15) is 12.0 Å². The minimum absolute atomic E-state index is 0.0812. The summed E-state index contributed by atoms with van der Waals surface area (Å²) in [4.78, 5) is 11.5. The van der Waals surface area contributed by atoms with Crippen LogP contribution in [-0.2, 0) is 4.79 Å². The summed E-state index contributed by atoms with van der Waals surface area (Å²) in [6, 6.07) is 7.29. The van der Waals surface area contributed by atoms with Gasteiger partial charge in [0.2, 0.25) is 11.8 Å². The number of carbonyl (C=O) groups excluding carboxylic acids is 1. The highest BCUT2D eigenvalue weighted by molar-refractivity contribution is 5.94. The monoisotopic (exact) mass is 269 g/mol. The fourth-order valence-corrected chi connectivity index (χ4v) is 2.09. The molecule has 1 aromatic heterocycles. The molecule has 3 N–H and O–H groups in total. The van der Waals surface area contributed by atoms with Gasteiger partial charge in [0.1, 0.15) is 23.6 Å². The number of hydrogen-bond acceptors (Lipinski definition) is 5. The lowest BCUT2D eigenvalue weighted by Gasteiger charge is -2.08. The van der Waals surface area contributed by atoms with Gasteiger partial charge < -0.3 is 20.2 Å². The molecule has 1 aliphatic heterocycles. The SMILES string of the molecule is N#Cc1c(-c2ccc3c(c2)NC(=O)CCO3)coc1N. The van der Waals surface area contributed by atoms with Crippen molar-refractivity contribution in [2.75, 3.05) is 17.7 Å². The van der Waals surface area contributed by atoms with E-state index in [2.05, 4.69) is 5.32 Å². The second kappa shape index (κ2) is 4.63. The fraction of sp³-hybridized carbons (Fsp3) is 0.143. The average Bonchev–Trinajstić information content (AvgIpc) is 2.70. The van der Waals surface area contributed by atoms with E-state index in [1.807, 2.05) is 6.07 Å². The molecule has 2 heterocycles. The third-order valence-electron chi connectivity index (χ3n) is 3.08. The van der Waals surface area contributed by atoms with Gasteiger partial charge in [-0.15, -0.1) is 0 Å². The summed E-state index contributed by atoms with van der Waals surface area (Å²) in [5.41, 5.74) is 7.77. The Morgan fingerprint density at radius 3 is 3.05 bits per heavy atom. The quantitative estimate of drug-likeness (QED) is 0.825. The number of hydrogen-bond donors (Lipinski definition) is 2. The van der Waals surface area contributed by atoms with Crippen molar-refractivity contribution in [2.24, 2.45) is 0 Å². The summed E-state index contributed by atoms with van der Waals surface area (Å²) >= 11 is 0. The lowest BCUT2D eigenvalue weighted by molar-refractivity contribution is -0.116. The zero-order valence-corrected chi connectivity index (χ0v) is 10.5. The minimum Gasteiger partial charge on any atom is -0.491 e. The Kier molecular flexibility index (Phi) is 2.80. The number of benzene rings is 1. The number of nitrogens with two attached hydrogens (primary N) is 1. The van der Waals surface area contributed by atoms with Crippen LogP contribution in [0.15, 0.2) is 28.9 Å². The standard InChI is InChI=1S/C14H11N3O3/c15-6-9-10(7-20-14(9)16)8-1-2-12-11(5-8)17-13(18)3-4-19-12/h1-2,5,7H,3-4,16H2,(H,17,18). The first kappa shape index (κ1) is 12.1. The van der Waals surface area contributed by atoms with E-state index in [4.69, 9.17) is 20.1 Å². The fourth-order valence-electron chi connectivity index (χ4n) is 2.09. The number of nitrogens with zero attached hydrogens (tertiary/aromatic N) is 1. The van der Waals surface area contributed by atoms with E-state index < -0.39 is 0 Å². The second-order valence-electron chi connectivity index (χ2n) is 4.36. The number of anilines is 2. The minimum atomic E-state index is -0.104. The van der Waals surface area contributed by atoms with Crippen molar-refractivity contribution in [1.29, 1.82) is 5.26 Å². The molecule has 0 fully saturated rings. The van der Waals surface area contributed by atoms with Crippen molar-refractivity contribution >= 4 is 17.5 Å². The molecular formula is C14H11N3O3. The molecule has 0 spiro atoms. The molecule has 1 aliphatic rings. The molecule has 3 rings (SSSR count). The topological polar surface area (TPSA) is 101 Å². The largest absolute Gasteiger partial charge is 0.491 e. The molecule has 6 nitrogen and oxygen atoms in total. The van der Waals surface area contributed by atoms with Gasteiger partial charge in [0.05, 0.1) is 18.7 Å².